The molecule has 2 saturated heterocycles. The van der Waals surface area contributed by atoms with Crippen molar-refractivity contribution in [3.05, 3.63) is 122 Å². The van der Waals surface area contributed by atoms with Crippen LogP contribution in [-0.4, -0.2) is 205 Å². The Morgan fingerprint density at radius 1 is 0.630 bits per heavy atom. The van der Waals surface area contributed by atoms with E-state index in [0.717, 1.165) is 93.4 Å². The van der Waals surface area contributed by atoms with Crippen LogP contribution >= 0.6 is 23.2 Å². The number of ketones is 1. The average molecular weight is 1350 g/mol. The van der Waals surface area contributed by atoms with Crippen LogP contribution in [-0.2, 0) is 56.4 Å². The highest BCUT2D eigenvalue weighted by atomic mass is 35.5. The Bertz CT molecular complexity index is 3150. The molecule has 2 amide bonds. The number of rotatable bonds is 37. The zero-order valence-corrected chi connectivity index (χ0v) is 56.7. The van der Waals surface area contributed by atoms with E-state index in [9.17, 15) is 31.7 Å². The van der Waals surface area contributed by atoms with Gasteiger partial charge in [-0.05, 0) is 201 Å². The number of hydrogen-bond acceptors (Lipinski definition) is 17. The number of urea groups is 1. The number of sulfone groups is 1. The molecular formula is C67H91Cl2N9O12S2. The number of sulfonamides is 1. The number of carbonyl (C=O) groups is 2. The number of carbonyl (C=O) groups excluding carboxylic acids is 2. The average Bonchev–Trinajstić information content (AvgIpc) is 1.62. The number of amides is 2. The molecule has 0 spiro atoms. The molecule has 92 heavy (non-hydrogen) atoms. The van der Waals surface area contributed by atoms with E-state index in [0.29, 0.717) is 110 Å². The first-order chi connectivity index (χ1) is 44.3. The molecule has 2 aliphatic heterocycles. The molecule has 4 aromatic rings. The van der Waals surface area contributed by atoms with E-state index >= 15 is 0 Å². The van der Waals surface area contributed by atoms with Gasteiger partial charge in [-0.25, -0.2) is 31.2 Å². The van der Waals surface area contributed by atoms with Crippen LogP contribution < -0.4 is 24.8 Å². The van der Waals surface area contributed by atoms with Crippen molar-refractivity contribution in [1.82, 2.24) is 35.0 Å². The topological polar surface area (TPSA) is 235 Å². The lowest BCUT2D eigenvalue weighted by molar-refractivity contribution is -0.119. The largest absolute Gasteiger partial charge is 0.484 e. The van der Waals surface area contributed by atoms with Crippen molar-refractivity contribution in [3.8, 4) is 17.6 Å². The number of hydrogen-bond donors (Lipinski definition) is 3. The van der Waals surface area contributed by atoms with Crippen molar-refractivity contribution in [1.29, 1.82) is 5.26 Å². The van der Waals surface area contributed by atoms with E-state index in [1.54, 1.807) is 48.5 Å². The van der Waals surface area contributed by atoms with Crippen molar-refractivity contribution in [2.24, 2.45) is 0 Å². The second kappa shape index (κ2) is 35.9. The van der Waals surface area contributed by atoms with Gasteiger partial charge in [0, 0.05) is 80.9 Å². The summed E-state index contributed by atoms with van der Waals surface area (Å²) in [6.07, 6.45) is 8.94. The van der Waals surface area contributed by atoms with Crippen LogP contribution in [0.15, 0.2) is 82.6 Å². The Labute approximate surface area is 554 Å². The van der Waals surface area contributed by atoms with Gasteiger partial charge in [0.1, 0.15) is 29.5 Å². The standard InChI is InChI=1S/C67H91Cl2N9O12S2/c1-71-62-42-50(69)41-61-59(62)44-64(78-29-10-14-52(47-78)76(4)5)66(61)90-55-19-23-57(24-20-55)92(83,84)74-27-33-88-37-34-85-30-11-16-53(79)15-7-6-8-25-72-67(80)73-26-32-87-36-35-86-31-12-38-91(81,82)56-21-17-54(18-22-56)89-65-60-40-49(68)39-48(45-70)58(60)43-63(65)77-28-9-13-51(46-77)75(2)3/h17-24,39-42,51-52,63-66,74H,6-16,25-38,43-44,46-47H2,2-5H3,(H2,72,73,80)/t51-,52-,63+,64+,65+,66+/m1/s1. The molecule has 0 aromatic heterocycles. The SMILES string of the molecule is [C-]#[N+]c1cc(Cl)cc2c1C[C@H](N1CCC[C@@H](N(C)C)C1)[C@H]2Oc1ccc(S(=O)(=O)NCCOCCOCCCC(=O)CCCCCNC(=O)NCCOCCOCCCS(=O)(=O)c2ccc(O[C@H]3c4cc(Cl)cc(C#N)c4C[C@@H]3N3CCC[C@@H](N(C)C)C3)cc2)cc1. The Morgan fingerprint density at radius 2 is 1.14 bits per heavy atom. The smallest absolute Gasteiger partial charge is 0.314 e. The van der Waals surface area contributed by atoms with Gasteiger partial charge in [-0.3, -0.25) is 14.6 Å². The molecule has 502 valence electrons. The van der Waals surface area contributed by atoms with Crippen LogP contribution in [0.2, 0.25) is 10.0 Å². The van der Waals surface area contributed by atoms with Gasteiger partial charge in [0.15, 0.2) is 15.5 Å². The zero-order chi connectivity index (χ0) is 65.6. The highest BCUT2D eigenvalue weighted by Crippen LogP contribution is 2.45. The summed E-state index contributed by atoms with van der Waals surface area (Å²) in [7, 11) is 1.00. The van der Waals surface area contributed by atoms with E-state index in [-0.39, 0.29) is 97.8 Å². The van der Waals surface area contributed by atoms with E-state index in [4.69, 9.17) is 58.2 Å². The molecule has 2 aliphatic carbocycles. The number of unbranched alkanes of at least 4 members (excludes halogenated alkanes) is 2. The predicted molar refractivity (Wildman–Crippen MR) is 354 cm³/mol. The summed E-state index contributed by atoms with van der Waals surface area (Å²) in [5, 5.41) is 16.5. The summed E-state index contributed by atoms with van der Waals surface area (Å²) in [6, 6.07) is 22.9. The quantitative estimate of drug-likeness (QED) is 0.0282. The maximum Gasteiger partial charge on any atom is 0.314 e. The number of nitrogens with zero attached hydrogens (tertiary/aromatic N) is 6. The van der Waals surface area contributed by atoms with Crippen LogP contribution in [0.5, 0.6) is 11.5 Å². The second-order valence-corrected chi connectivity index (χ2v) is 29.2. The number of piperidine rings is 2. The summed E-state index contributed by atoms with van der Waals surface area (Å²) < 4.78 is 91.0. The maximum absolute atomic E-state index is 13.2. The Kier molecular flexibility index (Phi) is 28.2. The van der Waals surface area contributed by atoms with E-state index < -0.39 is 19.9 Å². The van der Waals surface area contributed by atoms with E-state index in [2.05, 4.69) is 74.1 Å². The third kappa shape index (κ3) is 21.0. The molecule has 0 bridgehead atoms. The fourth-order valence-corrected chi connectivity index (χ4v) is 15.4. The first-order valence-electron chi connectivity index (χ1n) is 32.2. The number of likely N-dealkylation sites (tertiary alicyclic amines) is 2. The number of nitrogens with one attached hydrogen (secondary N) is 3. The molecule has 2 heterocycles. The normalized spacial score (nSPS) is 20.2. The van der Waals surface area contributed by atoms with Gasteiger partial charge in [-0.15, -0.1) is 0 Å². The first-order valence-corrected chi connectivity index (χ1v) is 36.1. The molecule has 2 fully saturated rings. The molecule has 0 saturated carbocycles. The summed E-state index contributed by atoms with van der Waals surface area (Å²) in [5.74, 6) is 1.13. The van der Waals surface area contributed by atoms with Gasteiger partial charge in [-0.1, -0.05) is 29.6 Å². The first kappa shape index (κ1) is 72.4. The number of ether oxygens (including phenoxy) is 6. The fourth-order valence-electron chi connectivity index (χ4n) is 12.6. The lowest BCUT2D eigenvalue weighted by Gasteiger charge is -2.41. The number of fused-ring (bicyclic) bond motifs is 2. The molecule has 21 nitrogen and oxygen atoms in total. The molecule has 0 unspecified atom stereocenters. The van der Waals surface area contributed by atoms with Gasteiger partial charge in [-0.2, -0.15) is 5.26 Å². The van der Waals surface area contributed by atoms with Gasteiger partial charge in [0.05, 0.1) is 85.5 Å². The molecule has 3 N–H and O–H groups in total. The van der Waals surface area contributed by atoms with Crippen LogP contribution in [0.4, 0.5) is 10.5 Å². The van der Waals surface area contributed by atoms with E-state index in [1.165, 1.54) is 12.1 Å². The van der Waals surface area contributed by atoms with Crippen LogP contribution in [0.3, 0.4) is 0 Å². The summed E-state index contributed by atoms with van der Waals surface area (Å²) >= 11 is 13.0. The van der Waals surface area contributed by atoms with E-state index in [1.807, 2.05) is 12.1 Å². The highest BCUT2D eigenvalue weighted by Gasteiger charge is 2.43. The summed E-state index contributed by atoms with van der Waals surface area (Å²) in [5.41, 5.74) is 4.78. The second-order valence-electron chi connectivity index (χ2n) is 24.5. The number of benzene rings is 4. The van der Waals surface area contributed by atoms with Crippen LogP contribution in [0.25, 0.3) is 4.85 Å². The zero-order valence-electron chi connectivity index (χ0n) is 53.6. The minimum absolute atomic E-state index is 0.00323. The Morgan fingerprint density at radius 3 is 1.72 bits per heavy atom. The van der Waals surface area contributed by atoms with Crippen molar-refractivity contribution in [3.63, 3.8) is 0 Å². The van der Waals surface area contributed by atoms with Gasteiger partial charge in [0.2, 0.25) is 10.0 Å². The third-order valence-corrected chi connectivity index (χ3v) is 21.4. The number of likely N-dealkylation sites (N-methyl/N-ethyl adjacent to an activating group) is 2. The monoisotopic (exact) mass is 1350 g/mol. The Hall–Kier alpha value is -5.48. The van der Waals surface area contributed by atoms with Crippen molar-refractivity contribution < 1.29 is 54.8 Å². The summed E-state index contributed by atoms with van der Waals surface area (Å²) in [6.45, 7) is 14.5. The lowest BCUT2D eigenvalue weighted by Crippen LogP contribution is -2.51. The van der Waals surface area contributed by atoms with Crippen molar-refractivity contribution in [2.45, 2.75) is 130 Å². The van der Waals surface area contributed by atoms with Gasteiger partial charge >= 0.3 is 6.03 Å². The third-order valence-electron chi connectivity index (χ3n) is 17.6. The number of Topliss-reactive ketones (excluding diaryl/α,β-unsaturated/α-hetero) is 1. The predicted octanol–water partition coefficient (Wildman–Crippen LogP) is 8.98. The molecular weight excluding hydrogens is 1260 g/mol. The number of nitriles is 1. The minimum atomic E-state index is -3.82. The van der Waals surface area contributed by atoms with Gasteiger partial charge < -0.3 is 48.9 Å². The Balaban J connectivity index is 0.594. The van der Waals surface area contributed by atoms with Crippen molar-refractivity contribution in [2.75, 3.05) is 133 Å². The highest BCUT2D eigenvalue weighted by molar-refractivity contribution is 7.91. The fraction of sp³-hybridized carbons (Fsp3) is 0.582. The molecule has 6 atom stereocenters. The molecule has 4 aliphatic rings. The van der Waals surface area contributed by atoms with Crippen molar-refractivity contribution >= 4 is 60.6 Å². The molecule has 8 rings (SSSR count). The number of halogens is 2. The van der Waals surface area contributed by atoms with Gasteiger partial charge in [0.25, 0.3) is 0 Å². The maximum atomic E-state index is 13.2. The molecule has 0 radical (unpaired) electrons. The lowest BCUT2D eigenvalue weighted by atomic mass is 10.0. The molecule has 4 aromatic carbocycles. The minimum Gasteiger partial charge on any atom is -0.484 e. The van der Waals surface area contributed by atoms with Crippen LogP contribution in [0.1, 0.15) is 111 Å². The van der Waals surface area contributed by atoms with Crippen LogP contribution in [0, 0.1) is 17.9 Å². The summed E-state index contributed by atoms with van der Waals surface area (Å²) in [4.78, 5) is 38.1. The molecule has 25 heteroatoms.